The monoisotopic (exact) mass is 529 g/mol. The number of benzene rings is 2. The summed E-state index contributed by atoms with van der Waals surface area (Å²) in [4.78, 5) is 18.5. The zero-order valence-corrected chi connectivity index (χ0v) is 23.5. The molecule has 0 saturated carbocycles. The standard InChI is InChI=1S/C29H41F2N5O2/c1-8-20(3)27(26-24(30)18-23(19-25(26)32-9-2)38-17-16-36(6)7)34-21-10-12-22(13-11-21)35-28(37)33-15-14-29(4,5)31/h9-13,18-19,34H,8,14-17H2,1-7H3,(H2,33,35,37). The van der Waals surface area contributed by atoms with E-state index in [9.17, 15) is 9.18 Å². The molecule has 0 aliphatic carbocycles. The van der Waals surface area contributed by atoms with Crippen LogP contribution < -0.4 is 20.7 Å². The molecule has 0 heterocycles. The van der Waals surface area contributed by atoms with Crippen molar-refractivity contribution < 1.29 is 18.3 Å². The van der Waals surface area contributed by atoms with Gasteiger partial charge in [-0.3, -0.25) is 4.99 Å². The summed E-state index contributed by atoms with van der Waals surface area (Å²) in [6, 6.07) is 9.79. The number of aliphatic imine (C=N–C) groups is 1. The first kappa shape index (κ1) is 30.8. The molecule has 38 heavy (non-hydrogen) atoms. The van der Waals surface area contributed by atoms with Gasteiger partial charge in [-0.05, 0) is 84.5 Å². The molecule has 2 rings (SSSR count). The topological polar surface area (TPSA) is 78.0 Å². The van der Waals surface area contributed by atoms with Gasteiger partial charge in [-0.25, -0.2) is 13.6 Å². The molecule has 3 N–H and O–H groups in total. The number of rotatable bonds is 13. The molecule has 9 heteroatoms. The molecule has 2 aromatic rings. The Morgan fingerprint density at radius 3 is 2.32 bits per heavy atom. The minimum absolute atomic E-state index is 0.221. The number of carbonyl (C=O) groups is 1. The average molecular weight is 530 g/mol. The van der Waals surface area contributed by atoms with E-state index >= 15 is 4.39 Å². The number of anilines is 2. The van der Waals surface area contributed by atoms with Crippen LogP contribution in [-0.4, -0.2) is 56.6 Å². The third kappa shape index (κ3) is 10.1. The van der Waals surface area contributed by atoms with Crippen molar-refractivity contribution in [2.75, 3.05) is 44.4 Å². The quantitative estimate of drug-likeness (QED) is 0.244. The Labute approximate surface area is 225 Å². The number of allylic oxidation sites excluding steroid dienone is 1. The van der Waals surface area contributed by atoms with Crippen LogP contribution >= 0.6 is 0 Å². The summed E-state index contributed by atoms with van der Waals surface area (Å²) < 4.78 is 34.9. The minimum Gasteiger partial charge on any atom is -0.492 e. The molecule has 0 aromatic heterocycles. The van der Waals surface area contributed by atoms with Crippen molar-refractivity contribution in [1.29, 1.82) is 0 Å². The first-order valence-corrected chi connectivity index (χ1v) is 12.8. The van der Waals surface area contributed by atoms with Gasteiger partial charge in [0, 0.05) is 48.5 Å². The predicted octanol–water partition coefficient (Wildman–Crippen LogP) is 7.00. The maximum atomic E-state index is 15.5. The summed E-state index contributed by atoms with van der Waals surface area (Å²) in [5.74, 6) is -0.0133. The molecule has 2 aromatic carbocycles. The van der Waals surface area contributed by atoms with E-state index in [0.29, 0.717) is 48.0 Å². The lowest BCUT2D eigenvalue weighted by atomic mass is 10.0. The van der Waals surface area contributed by atoms with Crippen LogP contribution in [0.1, 0.15) is 53.0 Å². The second-order valence-electron chi connectivity index (χ2n) is 9.90. The molecule has 0 bridgehead atoms. The Hall–Kier alpha value is -3.46. The molecule has 7 nitrogen and oxygen atoms in total. The van der Waals surface area contributed by atoms with Crippen molar-refractivity contribution in [3.05, 3.63) is 53.4 Å². The molecule has 0 radical (unpaired) electrons. The molecule has 0 unspecified atom stereocenters. The van der Waals surface area contributed by atoms with Crippen LogP contribution in [0.5, 0.6) is 5.75 Å². The molecule has 0 aliphatic rings. The van der Waals surface area contributed by atoms with Crippen LogP contribution in [-0.2, 0) is 0 Å². The fourth-order valence-electron chi connectivity index (χ4n) is 3.47. The minimum atomic E-state index is -1.34. The zero-order chi connectivity index (χ0) is 28.3. The first-order chi connectivity index (χ1) is 17.9. The second kappa shape index (κ2) is 14.5. The van der Waals surface area contributed by atoms with E-state index < -0.39 is 17.5 Å². The molecule has 208 valence electrons. The second-order valence-corrected chi connectivity index (χ2v) is 9.90. The zero-order valence-electron chi connectivity index (χ0n) is 23.5. The molecule has 0 aliphatic heterocycles. The van der Waals surface area contributed by atoms with Crippen LogP contribution in [0.2, 0.25) is 0 Å². The lowest BCUT2D eigenvalue weighted by molar-refractivity contribution is 0.200. The van der Waals surface area contributed by atoms with E-state index in [1.165, 1.54) is 19.9 Å². The highest BCUT2D eigenvalue weighted by Gasteiger charge is 2.19. The van der Waals surface area contributed by atoms with Gasteiger partial charge in [0.1, 0.15) is 23.8 Å². The Morgan fingerprint density at radius 2 is 1.76 bits per heavy atom. The maximum Gasteiger partial charge on any atom is 0.319 e. The van der Waals surface area contributed by atoms with Crippen LogP contribution in [0.3, 0.4) is 0 Å². The number of alkyl halides is 1. The van der Waals surface area contributed by atoms with Gasteiger partial charge in [0.05, 0.1) is 11.3 Å². The van der Waals surface area contributed by atoms with Crippen molar-refractivity contribution >= 4 is 35.0 Å². The number of urea groups is 1. The van der Waals surface area contributed by atoms with Gasteiger partial charge in [0.25, 0.3) is 0 Å². The van der Waals surface area contributed by atoms with E-state index in [-0.39, 0.29) is 13.0 Å². The highest BCUT2D eigenvalue weighted by Crippen LogP contribution is 2.36. The Bertz CT molecular complexity index is 1120. The van der Waals surface area contributed by atoms with Crippen LogP contribution in [0.4, 0.5) is 30.6 Å². The van der Waals surface area contributed by atoms with Gasteiger partial charge < -0.3 is 25.6 Å². The molecule has 0 spiro atoms. The van der Waals surface area contributed by atoms with Gasteiger partial charge in [-0.1, -0.05) is 6.92 Å². The smallest absolute Gasteiger partial charge is 0.319 e. The molecular formula is C29H41F2N5O2. The first-order valence-electron chi connectivity index (χ1n) is 12.8. The third-order valence-corrected chi connectivity index (χ3v) is 5.74. The molecule has 0 atom stereocenters. The number of hydrogen-bond acceptors (Lipinski definition) is 5. The average Bonchev–Trinajstić information content (AvgIpc) is 2.82. The Balaban J connectivity index is 2.24. The number of likely N-dealkylation sites (N-methyl/N-ethyl adjacent to an activating group) is 1. The number of nitrogens with one attached hydrogen (secondary N) is 3. The number of nitrogens with zero attached hydrogens (tertiary/aromatic N) is 2. The van der Waals surface area contributed by atoms with E-state index in [4.69, 9.17) is 4.74 Å². The van der Waals surface area contributed by atoms with E-state index in [0.717, 1.165) is 11.3 Å². The largest absolute Gasteiger partial charge is 0.492 e. The maximum absolute atomic E-state index is 15.5. The van der Waals surface area contributed by atoms with Crippen LogP contribution in [0.15, 0.2) is 47.0 Å². The Morgan fingerprint density at radius 1 is 1.13 bits per heavy atom. The van der Waals surface area contributed by atoms with Gasteiger partial charge >= 0.3 is 6.03 Å². The normalized spacial score (nSPS) is 12.5. The number of ether oxygens (including phenoxy) is 1. The molecule has 0 fully saturated rings. The summed E-state index contributed by atoms with van der Waals surface area (Å²) in [6.45, 7) is 10.0. The van der Waals surface area contributed by atoms with Crippen molar-refractivity contribution in [2.24, 2.45) is 4.99 Å². The number of hydrogen-bond donors (Lipinski definition) is 3. The van der Waals surface area contributed by atoms with Crippen LogP contribution in [0, 0.1) is 5.82 Å². The third-order valence-electron chi connectivity index (χ3n) is 5.74. The molecular weight excluding hydrogens is 488 g/mol. The van der Waals surface area contributed by atoms with Gasteiger partial charge in [-0.15, -0.1) is 0 Å². The SMILES string of the molecule is CC=Nc1cc(OCCN(C)C)cc(F)c1C(Nc1ccc(NC(=O)NCCC(C)(C)F)cc1)=C(C)CC. The van der Waals surface area contributed by atoms with Crippen molar-refractivity contribution in [2.45, 2.75) is 53.1 Å². The van der Waals surface area contributed by atoms with Gasteiger partial charge in [0.2, 0.25) is 0 Å². The fourth-order valence-corrected chi connectivity index (χ4v) is 3.47. The lowest BCUT2D eigenvalue weighted by Gasteiger charge is -2.19. The fraction of sp³-hybridized carbons (Fsp3) is 0.448. The van der Waals surface area contributed by atoms with Gasteiger partial charge in [-0.2, -0.15) is 0 Å². The summed E-state index contributed by atoms with van der Waals surface area (Å²) in [5, 5.41) is 8.72. The molecule has 2 amide bonds. The van der Waals surface area contributed by atoms with Crippen LogP contribution in [0.25, 0.3) is 5.70 Å². The summed E-state index contributed by atoms with van der Waals surface area (Å²) >= 11 is 0. The summed E-state index contributed by atoms with van der Waals surface area (Å²) in [6.07, 6.45) is 2.55. The summed E-state index contributed by atoms with van der Waals surface area (Å²) in [5.41, 5.74) is 2.35. The van der Waals surface area contributed by atoms with Crippen molar-refractivity contribution in [3.63, 3.8) is 0 Å². The number of carbonyl (C=O) groups excluding carboxylic acids is 1. The number of halogens is 2. The lowest BCUT2D eigenvalue weighted by Crippen LogP contribution is -2.32. The van der Waals surface area contributed by atoms with E-state index in [2.05, 4.69) is 20.9 Å². The summed E-state index contributed by atoms with van der Waals surface area (Å²) in [7, 11) is 3.90. The Kier molecular flexibility index (Phi) is 11.7. The predicted molar refractivity (Wildman–Crippen MR) is 154 cm³/mol. The van der Waals surface area contributed by atoms with E-state index in [1.54, 1.807) is 43.5 Å². The highest BCUT2D eigenvalue weighted by atomic mass is 19.1. The number of amides is 2. The highest BCUT2D eigenvalue weighted by molar-refractivity contribution is 5.90. The van der Waals surface area contributed by atoms with E-state index in [1.807, 2.05) is 32.8 Å². The van der Waals surface area contributed by atoms with Gasteiger partial charge in [0.15, 0.2) is 0 Å². The molecule has 0 saturated heterocycles. The van der Waals surface area contributed by atoms with Crippen molar-refractivity contribution in [3.8, 4) is 5.75 Å². The van der Waals surface area contributed by atoms with Crippen molar-refractivity contribution in [1.82, 2.24) is 10.2 Å².